The molecule has 18 heavy (non-hydrogen) atoms. The molecule has 3 nitrogen and oxygen atoms in total. The lowest BCUT2D eigenvalue weighted by Crippen LogP contribution is -2.48. The predicted molar refractivity (Wildman–Crippen MR) is 79.3 cm³/mol. The molecule has 1 atom stereocenters. The number of rotatable bonds is 4. The van der Waals surface area contributed by atoms with Crippen LogP contribution in [0.2, 0.25) is 0 Å². The van der Waals surface area contributed by atoms with Crippen LogP contribution in [0.3, 0.4) is 0 Å². The maximum Gasteiger partial charge on any atom is 0.232 e. The van der Waals surface area contributed by atoms with Gasteiger partial charge in [-0.3, -0.25) is 4.79 Å². The SMILES string of the molecule is CCC1(C)CCN(C(=O)C(C(N)=S)C(C)C)CC1. The Morgan fingerprint density at radius 2 is 1.89 bits per heavy atom. The third-order valence-corrected chi connectivity index (χ3v) is 4.63. The molecule has 4 heteroatoms. The topological polar surface area (TPSA) is 46.3 Å². The van der Waals surface area contributed by atoms with Gasteiger partial charge in [-0.05, 0) is 24.2 Å². The molecule has 1 fully saturated rings. The average molecular weight is 270 g/mol. The van der Waals surface area contributed by atoms with Gasteiger partial charge < -0.3 is 10.6 Å². The molecule has 1 rings (SSSR count). The van der Waals surface area contributed by atoms with E-state index < -0.39 is 0 Å². The summed E-state index contributed by atoms with van der Waals surface area (Å²) in [5, 5.41) is 0. The molecule has 1 unspecified atom stereocenters. The van der Waals surface area contributed by atoms with Crippen molar-refractivity contribution in [3.8, 4) is 0 Å². The number of thiocarbonyl (C=S) groups is 1. The number of amides is 1. The first-order chi connectivity index (χ1) is 8.30. The van der Waals surface area contributed by atoms with Gasteiger partial charge in [0.05, 0.1) is 10.9 Å². The lowest BCUT2D eigenvalue weighted by atomic mass is 9.78. The first kappa shape index (κ1) is 15.4. The molecule has 0 bridgehead atoms. The van der Waals surface area contributed by atoms with E-state index in [2.05, 4.69) is 13.8 Å². The minimum atomic E-state index is -0.300. The number of likely N-dealkylation sites (tertiary alicyclic amines) is 1. The van der Waals surface area contributed by atoms with E-state index in [1.807, 2.05) is 18.7 Å². The minimum Gasteiger partial charge on any atom is -0.393 e. The highest BCUT2D eigenvalue weighted by molar-refractivity contribution is 7.80. The van der Waals surface area contributed by atoms with Crippen LogP contribution in [0.4, 0.5) is 0 Å². The van der Waals surface area contributed by atoms with Crippen molar-refractivity contribution in [1.29, 1.82) is 0 Å². The number of carbonyl (C=O) groups is 1. The van der Waals surface area contributed by atoms with E-state index in [0.29, 0.717) is 10.4 Å². The van der Waals surface area contributed by atoms with Crippen molar-refractivity contribution in [3.05, 3.63) is 0 Å². The van der Waals surface area contributed by atoms with Crippen molar-refractivity contribution in [3.63, 3.8) is 0 Å². The highest BCUT2D eigenvalue weighted by Gasteiger charge is 2.34. The van der Waals surface area contributed by atoms with E-state index in [-0.39, 0.29) is 17.7 Å². The summed E-state index contributed by atoms with van der Waals surface area (Å²) in [6, 6.07) is 0. The Hall–Kier alpha value is -0.640. The van der Waals surface area contributed by atoms with Crippen LogP contribution in [0.15, 0.2) is 0 Å². The average Bonchev–Trinajstić information content (AvgIpc) is 2.29. The summed E-state index contributed by atoms with van der Waals surface area (Å²) in [4.78, 5) is 14.7. The highest BCUT2D eigenvalue weighted by Crippen LogP contribution is 2.34. The molecule has 0 radical (unpaired) electrons. The zero-order chi connectivity index (χ0) is 13.9. The van der Waals surface area contributed by atoms with Crippen molar-refractivity contribution in [2.24, 2.45) is 23.0 Å². The summed E-state index contributed by atoms with van der Waals surface area (Å²) >= 11 is 5.04. The Bertz CT molecular complexity index is 320. The van der Waals surface area contributed by atoms with Crippen LogP contribution >= 0.6 is 12.2 Å². The summed E-state index contributed by atoms with van der Waals surface area (Å²) in [6.45, 7) is 10.2. The van der Waals surface area contributed by atoms with E-state index in [1.165, 1.54) is 6.42 Å². The molecule has 1 aliphatic heterocycles. The van der Waals surface area contributed by atoms with Gasteiger partial charge in [0.1, 0.15) is 0 Å². The lowest BCUT2D eigenvalue weighted by molar-refractivity contribution is -0.136. The van der Waals surface area contributed by atoms with Gasteiger partial charge in [-0.1, -0.05) is 46.3 Å². The van der Waals surface area contributed by atoms with Gasteiger partial charge in [0.25, 0.3) is 0 Å². The van der Waals surface area contributed by atoms with Crippen molar-refractivity contribution < 1.29 is 4.79 Å². The fraction of sp³-hybridized carbons (Fsp3) is 0.857. The molecular weight excluding hydrogens is 244 g/mol. The van der Waals surface area contributed by atoms with Gasteiger partial charge in [0, 0.05) is 13.1 Å². The second kappa shape index (κ2) is 6.00. The molecule has 104 valence electrons. The van der Waals surface area contributed by atoms with E-state index >= 15 is 0 Å². The highest BCUT2D eigenvalue weighted by atomic mass is 32.1. The number of carbonyl (C=O) groups excluding carboxylic acids is 1. The first-order valence-electron chi connectivity index (χ1n) is 6.89. The Balaban J connectivity index is 2.67. The second-order valence-corrected chi connectivity index (χ2v) is 6.58. The van der Waals surface area contributed by atoms with Gasteiger partial charge in [-0.15, -0.1) is 0 Å². The summed E-state index contributed by atoms with van der Waals surface area (Å²) in [6.07, 6.45) is 3.34. The van der Waals surface area contributed by atoms with Crippen molar-refractivity contribution in [2.45, 2.75) is 47.0 Å². The van der Waals surface area contributed by atoms with E-state index in [1.54, 1.807) is 0 Å². The van der Waals surface area contributed by atoms with Crippen LogP contribution in [0, 0.1) is 17.3 Å². The molecule has 0 aromatic heterocycles. The smallest absolute Gasteiger partial charge is 0.232 e. The predicted octanol–water partition coefficient (Wildman–Crippen LogP) is 2.58. The molecule has 2 N–H and O–H groups in total. The molecule has 1 heterocycles. The molecule has 0 aromatic carbocycles. The fourth-order valence-corrected chi connectivity index (χ4v) is 2.93. The first-order valence-corrected chi connectivity index (χ1v) is 7.29. The maximum atomic E-state index is 12.4. The molecule has 0 aliphatic carbocycles. The number of hydrogen-bond acceptors (Lipinski definition) is 2. The van der Waals surface area contributed by atoms with Crippen LogP contribution < -0.4 is 5.73 Å². The lowest BCUT2D eigenvalue weighted by Gasteiger charge is -2.40. The zero-order valence-corrected chi connectivity index (χ0v) is 12.8. The minimum absolute atomic E-state index is 0.121. The number of piperidine rings is 1. The van der Waals surface area contributed by atoms with Crippen molar-refractivity contribution >= 4 is 23.1 Å². The summed E-state index contributed by atoms with van der Waals surface area (Å²) in [5.41, 5.74) is 6.10. The van der Waals surface area contributed by atoms with Crippen LogP contribution in [0.25, 0.3) is 0 Å². The number of nitrogens with zero attached hydrogens (tertiary/aromatic N) is 1. The molecule has 1 amide bonds. The van der Waals surface area contributed by atoms with E-state index in [9.17, 15) is 4.79 Å². The third-order valence-electron chi connectivity index (χ3n) is 4.38. The molecule has 0 saturated carbocycles. The summed E-state index contributed by atoms with van der Waals surface area (Å²) < 4.78 is 0. The van der Waals surface area contributed by atoms with E-state index in [0.717, 1.165) is 25.9 Å². The Morgan fingerprint density at radius 3 is 2.22 bits per heavy atom. The largest absolute Gasteiger partial charge is 0.393 e. The standard InChI is InChI=1S/C14H26N2OS/c1-5-14(4)6-8-16(9-7-14)13(17)11(10(2)3)12(15)18/h10-11H,5-9H2,1-4H3,(H2,15,18). The number of nitrogens with two attached hydrogens (primary N) is 1. The zero-order valence-electron chi connectivity index (χ0n) is 12.0. The van der Waals surface area contributed by atoms with Crippen molar-refractivity contribution in [1.82, 2.24) is 4.90 Å². The van der Waals surface area contributed by atoms with Crippen LogP contribution in [0.1, 0.15) is 47.0 Å². The normalized spacial score (nSPS) is 20.8. The van der Waals surface area contributed by atoms with Crippen molar-refractivity contribution in [2.75, 3.05) is 13.1 Å². The fourth-order valence-electron chi connectivity index (χ4n) is 2.55. The monoisotopic (exact) mass is 270 g/mol. The molecule has 1 saturated heterocycles. The van der Waals surface area contributed by atoms with Gasteiger partial charge in [-0.25, -0.2) is 0 Å². The van der Waals surface area contributed by atoms with E-state index in [4.69, 9.17) is 18.0 Å². The quantitative estimate of drug-likeness (QED) is 0.799. The molecule has 0 spiro atoms. The van der Waals surface area contributed by atoms with Gasteiger partial charge >= 0.3 is 0 Å². The number of hydrogen-bond donors (Lipinski definition) is 1. The van der Waals surface area contributed by atoms with Crippen LogP contribution in [0.5, 0.6) is 0 Å². The molecular formula is C14H26N2OS. The molecule has 1 aliphatic rings. The van der Waals surface area contributed by atoms with Crippen LogP contribution in [-0.4, -0.2) is 28.9 Å². The Kier molecular flexibility index (Phi) is 5.14. The van der Waals surface area contributed by atoms with Gasteiger partial charge in [-0.2, -0.15) is 0 Å². The van der Waals surface area contributed by atoms with Gasteiger partial charge in [0.15, 0.2) is 0 Å². The Labute approximate surface area is 116 Å². The summed E-state index contributed by atoms with van der Waals surface area (Å²) in [7, 11) is 0. The van der Waals surface area contributed by atoms with Crippen LogP contribution in [-0.2, 0) is 4.79 Å². The Morgan fingerprint density at radius 1 is 1.39 bits per heavy atom. The third kappa shape index (κ3) is 3.44. The van der Waals surface area contributed by atoms with Gasteiger partial charge in [0.2, 0.25) is 5.91 Å². The summed E-state index contributed by atoms with van der Waals surface area (Å²) in [5.74, 6) is -0.00359. The molecule has 0 aromatic rings. The second-order valence-electron chi connectivity index (χ2n) is 6.11. The maximum absolute atomic E-state index is 12.4.